The van der Waals surface area contributed by atoms with Crippen LogP contribution in [0.3, 0.4) is 0 Å². The highest BCUT2D eigenvalue weighted by atomic mass is 32.2. The summed E-state index contributed by atoms with van der Waals surface area (Å²) in [4.78, 5) is 13.8. The molecule has 0 spiro atoms. The molecule has 12 heteroatoms. The van der Waals surface area contributed by atoms with Crippen LogP contribution >= 0.6 is 0 Å². The molecule has 1 N–H and O–H groups in total. The van der Waals surface area contributed by atoms with Gasteiger partial charge in [0.05, 0.1) is 6.04 Å². The number of piperazine rings is 1. The minimum Gasteiger partial charge on any atom is -0.380 e. The van der Waals surface area contributed by atoms with Crippen LogP contribution < -0.4 is 20.6 Å². The van der Waals surface area contributed by atoms with Gasteiger partial charge in [0.25, 0.3) is 22.0 Å². The second-order valence-electron chi connectivity index (χ2n) is 5.55. The number of aromatic nitrogens is 2. The Morgan fingerprint density at radius 2 is 2.24 bits per heavy atom. The van der Waals surface area contributed by atoms with Gasteiger partial charge < -0.3 is 9.26 Å². The van der Waals surface area contributed by atoms with Gasteiger partial charge in [0.1, 0.15) is 6.61 Å². The Labute approximate surface area is 146 Å². The van der Waals surface area contributed by atoms with E-state index in [-0.39, 0.29) is 37.6 Å². The average molecular weight is 376 g/mol. The van der Waals surface area contributed by atoms with Crippen LogP contribution in [0, 0.1) is 5.41 Å². The molecule has 1 aromatic rings. The molecular weight excluding hydrogens is 352 g/mol. The van der Waals surface area contributed by atoms with Crippen molar-refractivity contribution >= 4 is 16.0 Å². The summed E-state index contributed by atoms with van der Waals surface area (Å²) in [5.41, 5.74) is -0.156. The zero-order valence-electron chi connectivity index (χ0n) is 14.6. The Morgan fingerprint density at radius 1 is 1.52 bits per heavy atom. The third-order valence-electron chi connectivity index (χ3n) is 4.02. The lowest BCUT2D eigenvalue weighted by Crippen LogP contribution is -2.73. The molecule has 11 nitrogen and oxygen atoms in total. The van der Waals surface area contributed by atoms with E-state index >= 15 is 0 Å². The average Bonchev–Trinajstić information content (AvgIpc) is 3.04. The summed E-state index contributed by atoms with van der Waals surface area (Å²) in [5.74, 6) is -0.261. The number of Topliss-reactive ketones (excluding diaryl/α,β-unsaturated/α-hetero) is 1. The zero-order chi connectivity index (χ0) is 18.6. The molecule has 1 aliphatic heterocycles. The summed E-state index contributed by atoms with van der Waals surface area (Å²) in [5, 5.41) is 12.7. The van der Waals surface area contributed by atoms with Crippen LogP contribution in [0.25, 0.3) is 0 Å². The number of ketones is 1. The minimum atomic E-state index is -3.64. The van der Waals surface area contributed by atoms with Gasteiger partial charge in [-0.3, -0.25) is 15.2 Å². The molecule has 142 valence electrons. The molecule has 1 saturated heterocycles. The van der Waals surface area contributed by atoms with Crippen molar-refractivity contribution < 1.29 is 27.3 Å². The van der Waals surface area contributed by atoms with Gasteiger partial charge in [-0.15, -0.1) is 0 Å². The van der Waals surface area contributed by atoms with E-state index in [1.54, 1.807) is 18.9 Å². The Bertz CT molecular complexity index is 744. The lowest BCUT2D eigenvalue weighted by Gasteiger charge is -2.41. The van der Waals surface area contributed by atoms with Crippen molar-refractivity contribution in [2.24, 2.45) is 0 Å². The molecule has 25 heavy (non-hydrogen) atoms. The maximum absolute atomic E-state index is 12.6. The van der Waals surface area contributed by atoms with E-state index in [4.69, 9.17) is 14.7 Å². The van der Waals surface area contributed by atoms with Crippen LogP contribution in [-0.4, -0.2) is 75.3 Å². The van der Waals surface area contributed by atoms with Gasteiger partial charge in [-0.1, -0.05) is 11.7 Å². The SMILES string of the molecule is CCOCC(=O)C1CN(S(=O)(=O)N(C)CC)CCN1[n+]1cc(=N)o[n-]1. The molecule has 0 aliphatic carbocycles. The van der Waals surface area contributed by atoms with Gasteiger partial charge in [0.2, 0.25) is 0 Å². The lowest BCUT2D eigenvalue weighted by molar-refractivity contribution is -0.766. The van der Waals surface area contributed by atoms with E-state index in [9.17, 15) is 13.2 Å². The van der Waals surface area contributed by atoms with Gasteiger partial charge in [-0.05, 0) is 12.2 Å². The van der Waals surface area contributed by atoms with E-state index in [0.29, 0.717) is 13.2 Å². The molecule has 1 aliphatic rings. The van der Waals surface area contributed by atoms with Gasteiger partial charge in [-0.2, -0.15) is 17.0 Å². The van der Waals surface area contributed by atoms with Gasteiger partial charge in [0.15, 0.2) is 5.78 Å². The first-order valence-electron chi connectivity index (χ1n) is 8.00. The van der Waals surface area contributed by atoms with Crippen molar-refractivity contribution in [2.75, 3.05) is 51.4 Å². The molecule has 0 saturated carbocycles. The standard InChI is InChI=1S/C13H24N6O5S/c1-4-16(3)25(21,22)17-6-7-18(19-9-13(14)24-15-19)11(8-17)12(20)10-23-5-2/h9,11,14H,4-8,10H2,1-3H3. The molecule has 2 rings (SSSR count). The number of carbonyl (C=O) groups excluding carboxylic acids is 1. The monoisotopic (exact) mass is 376 g/mol. The van der Waals surface area contributed by atoms with Crippen LogP contribution in [0.1, 0.15) is 13.8 Å². The zero-order valence-corrected chi connectivity index (χ0v) is 15.4. The van der Waals surface area contributed by atoms with Crippen molar-refractivity contribution in [2.45, 2.75) is 19.9 Å². The Kier molecular flexibility index (Phi) is 6.32. The number of carbonyl (C=O) groups is 1. The summed E-state index contributed by atoms with van der Waals surface area (Å²) in [7, 11) is -2.15. The Balaban J connectivity index is 2.26. The number of nitrogens with one attached hydrogen (secondary N) is 1. The highest BCUT2D eigenvalue weighted by Gasteiger charge is 2.38. The fourth-order valence-corrected chi connectivity index (χ4v) is 3.85. The summed E-state index contributed by atoms with van der Waals surface area (Å²) >= 11 is 0. The maximum atomic E-state index is 12.6. The third kappa shape index (κ3) is 4.26. The van der Waals surface area contributed by atoms with E-state index in [1.807, 2.05) is 0 Å². The van der Waals surface area contributed by atoms with Gasteiger partial charge >= 0.3 is 0 Å². The van der Waals surface area contributed by atoms with E-state index in [1.165, 1.54) is 26.6 Å². The normalized spacial score (nSPS) is 19.5. The van der Waals surface area contributed by atoms with Gasteiger partial charge in [-0.25, -0.2) is 0 Å². The molecule has 1 aromatic heterocycles. The molecule has 1 fully saturated rings. The fraction of sp³-hybridized carbons (Fsp3) is 0.769. The summed E-state index contributed by atoms with van der Waals surface area (Å²) in [6.45, 7) is 4.51. The molecule has 0 amide bonds. The number of hydrogen-bond acceptors (Lipinski definition) is 7. The molecule has 2 heterocycles. The van der Waals surface area contributed by atoms with Crippen molar-refractivity contribution in [1.82, 2.24) is 13.9 Å². The molecular formula is C13H24N6O5S. The van der Waals surface area contributed by atoms with Crippen LogP contribution in [-0.2, 0) is 19.7 Å². The van der Waals surface area contributed by atoms with Crippen LogP contribution in [0.2, 0.25) is 0 Å². The highest BCUT2D eigenvalue weighted by Crippen LogP contribution is 2.14. The number of hydrogen-bond donors (Lipinski definition) is 1. The van der Waals surface area contributed by atoms with Crippen LogP contribution in [0.15, 0.2) is 10.7 Å². The lowest BCUT2D eigenvalue weighted by atomic mass is 10.1. The minimum absolute atomic E-state index is 0.0220. The van der Waals surface area contributed by atoms with Crippen LogP contribution in [0.4, 0.5) is 0 Å². The summed E-state index contributed by atoms with van der Waals surface area (Å²) < 4.78 is 37.6. The summed E-state index contributed by atoms with van der Waals surface area (Å²) in [6.07, 6.45) is 1.32. The molecule has 0 aromatic carbocycles. The highest BCUT2D eigenvalue weighted by molar-refractivity contribution is 7.86. The van der Waals surface area contributed by atoms with E-state index < -0.39 is 16.3 Å². The predicted octanol–water partition coefficient (Wildman–Crippen LogP) is -2.57. The third-order valence-corrected chi connectivity index (χ3v) is 6.05. The molecule has 0 radical (unpaired) electrons. The number of ether oxygens (including phenoxy) is 1. The number of nitrogens with zero attached hydrogens (tertiary/aromatic N) is 5. The first-order valence-corrected chi connectivity index (χ1v) is 9.40. The second-order valence-corrected chi connectivity index (χ2v) is 7.58. The van der Waals surface area contributed by atoms with Gasteiger partial charge in [0, 0.05) is 39.8 Å². The summed E-state index contributed by atoms with van der Waals surface area (Å²) in [6, 6.07) is -0.783. The van der Waals surface area contributed by atoms with Crippen molar-refractivity contribution in [3.05, 3.63) is 11.8 Å². The van der Waals surface area contributed by atoms with Crippen molar-refractivity contribution in [3.63, 3.8) is 0 Å². The molecule has 1 atom stereocenters. The van der Waals surface area contributed by atoms with E-state index in [0.717, 1.165) is 0 Å². The largest absolute Gasteiger partial charge is 0.380 e. The van der Waals surface area contributed by atoms with E-state index in [2.05, 4.69) is 5.27 Å². The van der Waals surface area contributed by atoms with Crippen molar-refractivity contribution in [1.29, 1.82) is 5.41 Å². The molecule has 1 unspecified atom stereocenters. The smallest absolute Gasteiger partial charge is 0.286 e. The second kappa shape index (κ2) is 8.08. The first-order chi connectivity index (χ1) is 11.8. The fourth-order valence-electron chi connectivity index (χ4n) is 2.49. The number of rotatable bonds is 8. The predicted molar refractivity (Wildman–Crippen MR) is 85.2 cm³/mol. The first kappa shape index (κ1) is 19.6. The topological polar surface area (TPSA) is 125 Å². The molecule has 0 bridgehead atoms. The maximum Gasteiger partial charge on any atom is 0.286 e. The Hall–Kier alpha value is -1.76. The quantitative estimate of drug-likeness (QED) is 0.494. The van der Waals surface area contributed by atoms with Crippen molar-refractivity contribution in [3.8, 4) is 0 Å². The van der Waals surface area contributed by atoms with Crippen LogP contribution in [0.5, 0.6) is 0 Å². The Morgan fingerprint density at radius 3 is 2.80 bits per heavy atom.